The van der Waals surface area contributed by atoms with Gasteiger partial charge in [0, 0.05) is 30.9 Å². The predicted molar refractivity (Wildman–Crippen MR) is 102 cm³/mol. The normalized spacial score (nSPS) is 20.0. The molecule has 0 spiro atoms. The minimum atomic E-state index is -0.393. The van der Waals surface area contributed by atoms with Crippen LogP contribution in [0.1, 0.15) is 31.1 Å². The van der Waals surface area contributed by atoms with E-state index in [-0.39, 0.29) is 17.9 Å². The van der Waals surface area contributed by atoms with Crippen molar-refractivity contribution in [3.05, 3.63) is 29.8 Å². The van der Waals surface area contributed by atoms with Crippen molar-refractivity contribution in [1.29, 1.82) is 0 Å². The number of benzene rings is 1. The second-order valence-electron chi connectivity index (χ2n) is 6.36. The first-order valence-corrected chi connectivity index (χ1v) is 9.31. The van der Waals surface area contributed by atoms with Crippen molar-refractivity contribution in [2.24, 2.45) is 0 Å². The fourth-order valence-electron chi connectivity index (χ4n) is 2.95. The molecule has 0 radical (unpaired) electrons. The Morgan fingerprint density at radius 2 is 2.08 bits per heavy atom. The zero-order valence-electron chi connectivity index (χ0n) is 15.9. The Balaban J connectivity index is 1.90. The quantitative estimate of drug-likeness (QED) is 0.644. The van der Waals surface area contributed by atoms with E-state index in [1.165, 1.54) is 0 Å². The topological polar surface area (TPSA) is 82.7 Å². The molecule has 1 aromatic carbocycles. The summed E-state index contributed by atoms with van der Waals surface area (Å²) in [5, 5.41) is 8.94. The van der Waals surface area contributed by atoms with Crippen LogP contribution < -0.4 is 16.0 Å². The molecular weight excluding hydrogens is 332 g/mol. The molecule has 0 aromatic heterocycles. The fourth-order valence-corrected chi connectivity index (χ4v) is 2.95. The van der Waals surface area contributed by atoms with Crippen LogP contribution in [0.3, 0.4) is 0 Å². The number of hydrogen-bond acceptors (Lipinski definition) is 5. The molecule has 7 nitrogen and oxygen atoms in total. The monoisotopic (exact) mass is 362 g/mol. The van der Waals surface area contributed by atoms with Gasteiger partial charge in [0.2, 0.25) is 5.91 Å². The van der Waals surface area contributed by atoms with E-state index in [1.807, 2.05) is 6.92 Å². The van der Waals surface area contributed by atoms with Gasteiger partial charge in [0.25, 0.3) is 5.91 Å². The number of carbonyl (C=O) groups is 2. The summed E-state index contributed by atoms with van der Waals surface area (Å²) in [5.41, 5.74) is 1.13. The molecule has 0 unspecified atom stereocenters. The summed E-state index contributed by atoms with van der Waals surface area (Å²) < 4.78 is 5.50. The minimum Gasteiger partial charge on any atom is -0.375 e. The highest BCUT2D eigenvalue weighted by atomic mass is 16.5. The van der Waals surface area contributed by atoms with Crippen LogP contribution in [0.4, 0.5) is 5.69 Å². The lowest BCUT2D eigenvalue weighted by Crippen LogP contribution is -2.53. The zero-order chi connectivity index (χ0) is 18.9. The number of carbonyl (C=O) groups excluding carboxylic acids is 2. The molecule has 1 aliphatic rings. The first-order chi connectivity index (χ1) is 12.5. The Morgan fingerprint density at radius 1 is 1.31 bits per heavy atom. The van der Waals surface area contributed by atoms with Crippen LogP contribution in [0.2, 0.25) is 0 Å². The minimum absolute atomic E-state index is 0.138. The number of nitrogens with one attached hydrogen (secondary N) is 3. The van der Waals surface area contributed by atoms with Crippen molar-refractivity contribution >= 4 is 17.5 Å². The van der Waals surface area contributed by atoms with Crippen LogP contribution >= 0.6 is 0 Å². The molecule has 26 heavy (non-hydrogen) atoms. The van der Waals surface area contributed by atoms with Crippen molar-refractivity contribution in [2.45, 2.75) is 32.9 Å². The van der Waals surface area contributed by atoms with Gasteiger partial charge in [-0.25, -0.2) is 0 Å². The third-order valence-electron chi connectivity index (χ3n) is 4.60. The molecule has 3 N–H and O–H groups in total. The Kier molecular flexibility index (Phi) is 8.03. The highest BCUT2D eigenvalue weighted by Crippen LogP contribution is 2.13. The summed E-state index contributed by atoms with van der Waals surface area (Å²) in [6.45, 7) is 10.7. The van der Waals surface area contributed by atoms with Crippen LogP contribution in [0, 0.1) is 0 Å². The lowest BCUT2D eigenvalue weighted by Gasteiger charge is -2.29. The van der Waals surface area contributed by atoms with E-state index in [0.29, 0.717) is 30.9 Å². The van der Waals surface area contributed by atoms with Crippen molar-refractivity contribution in [3.63, 3.8) is 0 Å². The number of morpholine rings is 1. The molecule has 2 rings (SSSR count). The lowest BCUT2D eigenvalue weighted by atomic mass is 10.1. The van der Waals surface area contributed by atoms with E-state index >= 15 is 0 Å². The third-order valence-corrected chi connectivity index (χ3v) is 4.60. The molecule has 1 saturated heterocycles. The summed E-state index contributed by atoms with van der Waals surface area (Å²) in [4.78, 5) is 27.0. The lowest BCUT2D eigenvalue weighted by molar-refractivity contribution is -0.123. The van der Waals surface area contributed by atoms with Crippen LogP contribution in [0.25, 0.3) is 0 Å². The average Bonchev–Trinajstić information content (AvgIpc) is 2.65. The maximum Gasteiger partial charge on any atom is 0.251 e. The number of nitrogens with zero attached hydrogens (tertiary/aromatic N) is 1. The van der Waals surface area contributed by atoms with Crippen LogP contribution in [0.5, 0.6) is 0 Å². The van der Waals surface area contributed by atoms with Gasteiger partial charge < -0.3 is 25.6 Å². The Labute approximate surface area is 155 Å². The summed E-state index contributed by atoms with van der Waals surface area (Å²) in [6, 6.07) is 6.59. The van der Waals surface area contributed by atoms with E-state index < -0.39 is 6.04 Å². The second kappa shape index (κ2) is 10.3. The standard InChI is InChI=1S/C19H30N4O3/c1-4-23(5-2)11-9-21-18(24)15-7-6-8-16(13-15)22-19(25)17-14(3)26-12-10-20-17/h6-8,13-14,17,20H,4-5,9-12H2,1-3H3,(H,21,24)(H,22,25)/t14-,17+/m1/s1. The molecule has 144 valence electrons. The summed E-state index contributed by atoms with van der Waals surface area (Å²) in [6.07, 6.45) is -0.185. The smallest absolute Gasteiger partial charge is 0.251 e. The molecule has 7 heteroatoms. The first-order valence-electron chi connectivity index (χ1n) is 9.31. The van der Waals surface area contributed by atoms with Crippen LogP contribution in [-0.2, 0) is 9.53 Å². The first kappa shape index (κ1) is 20.4. The summed E-state index contributed by atoms with van der Waals surface area (Å²) >= 11 is 0. The van der Waals surface area contributed by atoms with Gasteiger partial charge >= 0.3 is 0 Å². The number of amides is 2. The van der Waals surface area contributed by atoms with Crippen LogP contribution in [-0.4, -0.2) is 68.2 Å². The van der Waals surface area contributed by atoms with Gasteiger partial charge in [0.1, 0.15) is 6.04 Å². The van der Waals surface area contributed by atoms with Crippen molar-refractivity contribution in [1.82, 2.24) is 15.5 Å². The zero-order valence-corrected chi connectivity index (χ0v) is 15.9. The maximum absolute atomic E-state index is 12.4. The van der Waals surface area contributed by atoms with E-state index in [9.17, 15) is 9.59 Å². The number of likely N-dealkylation sites (N-methyl/N-ethyl adjacent to an activating group) is 1. The molecule has 1 aromatic rings. The number of hydrogen-bond donors (Lipinski definition) is 3. The van der Waals surface area contributed by atoms with Crippen molar-refractivity contribution in [2.75, 3.05) is 44.6 Å². The fraction of sp³-hybridized carbons (Fsp3) is 0.579. The van der Waals surface area contributed by atoms with Gasteiger partial charge in [-0.3, -0.25) is 9.59 Å². The van der Waals surface area contributed by atoms with Crippen molar-refractivity contribution < 1.29 is 14.3 Å². The van der Waals surface area contributed by atoms with E-state index in [0.717, 1.165) is 19.6 Å². The number of rotatable bonds is 8. The molecule has 2 atom stereocenters. The number of anilines is 1. The van der Waals surface area contributed by atoms with E-state index in [4.69, 9.17) is 4.74 Å². The van der Waals surface area contributed by atoms with Gasteiger partial charge in [0.15, 0.2) is 0 Å². The molecule has 0 aliphatic carbocycles. The van der Waals surface area contributed by atoms with Gasteiger partial charge in [-0.05, 0) is 38.2 Å². The molecule has 1 fully saturated rings. The van der Waals surface area contributed by atoms with Gasteiger partial charge in [-0.1, -0.05) is 19.9 Å². The third kappa shape index (κ3) is 5.79. The Bertz CT molecular complexity index is 604. The summed E-state index contributed by atoms with van der Waals surface area (Å²) in [5.74, 6) is -0.294. The predicted octanol–water partition coefficient (Wildman–Crippen LogP) is 1.07. The Hall–Kier alpha value is -1.96. The van der Waals surface area contributed by atoms with Crippen LogP contribution in [0.15, 0.2) is 24.3 Å². The van der Waals surface area contributed by atoms with E-state index in [2.05, 4.69) is 34.7 Å². The average molecular weight is 362 g/mol. The molecule has 2 amide bonds. The second-order valence-corrected chi connectivity index (χ2v) is 6.36. The molecule has 1 heterocycles. The molecule has 1 aliphatic heterocycles. The van der Waals surface area contributed by atoms with E-state index in [1.54, 1.807) is 24.3 Å². The highest BCUT2D eigenvalue weighted by molar-refractivity contribution is 5.98. The Morgan fingerprint density at radius 3 is 2.77 bits per heavy atom. The SMILES string of the molecule is CCN(CC)CCNC(=O)c1cccc(NC(=O)[C@H]2NCCO[C@@H]2C)c1. The number of ether oxygens (including phenoxy) is 1. The molecule has 0 bridgehead atoms. The van der Waals surface area contributed by atoms with Gasteiger partial charge in [0.05, 0.1) is 12.7 Å². The van der Waals surface area contributed by atoms with Crippen molar-refractivity contribution in [3.8, 4) is 0 Å². The maximum atomic E-state index is 12.4. The summed E-state index contributed by atoms with van der Waals surface area (Å²) in [7, 11) is 0. The molecule has 0 saturated carbocycles. The molecular formula is C19H30N4O3. The van der Waals surface area contributed by atoms with Gasteiger partial charge in [-0.2, -0.15) is 0 Å². The van der Waals surface area contributed by atoms with Gasteiger partial charge in [-0.15, -0.1) is 0 Å². The largest absolute Gasteiger partial charge is 0.375 e. The highest BCUT2D eigenvalue weighted by Gasteiger charge is 2.28.